The highest BCUT2D eigenvalue weighted by Gasteiger charge is 2.29. The van der Waals surface area contributed by atoms with E-state index in [1.807, 2.05) is 54.6 Å². The van der Waals surface area contributed by atoms with Crippen LogP contribution in [0.5, 0.6) is 17.2 Å². The van der Waals surface area contributed by atoms with Gasteiger partial charge in [-0.05, 0) is 48.0 Å². The Labute approximate surface area is 187 Å². The maximum absolute atomic E-state index is 10.5. The molecule has 0 aromatic heterocycles. The van der Waals surface area contributed by atoms with E-state index in [-0.39, 0.29) is 24.8 Å². The van der Waals surface area contributed by atoms with Crippen LogP contribution >= 0.6 is 27.5 Å². The minimum Gasteiger partial charge on any atom is -0.508 e. The van der Waals surface area contributed by atoms with Gasteiger partial charge in [0.1, 0.15) is 11.9 Å². The molecule has 3 aromatic rings. The van der Waals surface area contributed by atoms with Crippen LogP contribution in [0, 0.1) is 0 Å². The summed E-state index contributed by atoms with van der Waals surface area (Å²) in [5.41, 5.74) is 3.55. The first-order valence-electron chi connectivity index (χ1n) is 9.54. The topological polar surface area (TPSA) is 63.1 Å². The molecule has 30 heavy (non-hydrogen) atoms. The van der Waals surface area contributed by atoms with Crippen molar-refractivity contribution in [1.82, 2.24) is 5.32 Å². The highest BCUT2D eigenvalue weighted by molar-refractivity contribution is 9.10. The molecule has 0 fully saturated rings. The van der Waals surface area contributed by atoms with Crippen molar-refractivity contribution in [1.29, 1.82) is 0 Å². The van der Waals surface area contributed by atoms with Crippen molar-refractivity contribution in [3.8, 4) is 17.2 Å². The second kappa shape index (κ2) is 7.95. The van der Waals surface area contributed by atoms with Crippen LogP contribution in [0.4, 0.5) is 0 Å². The molecule has 2 heterocycles. The Morgan fingerprint density at radius 3 is 2.70 bits per heavy atom. The average molecular weight is 486 g/mol. The second-order valence-corrected chi connectivity index (χ2v) is 8.52. The van der Waals surface area contributed by atoms with Gasteiger partial charge in [0.2, 0.25) is 6.79 Å². The molecule has 152 valence electrons. The monoisotopic (exact) mass is 484 g/mol. The van der Waals surface area contributed by atoms with E-state index in [4.69, 9.17) is 26.1 Å². The third-order valence-corrected chi connectivity index (χ3v) is 6.15. The summed E-state index contributed by atoms with van der Waals surface area (Å²) in [5.74, 6) is 1.68. The molecule has 0 aliphatic carbocycles. The van der Waals surface area contributed by atoms with E-state index >= 15 is 0 Å². The first-order valence-corrected chi connectivity index (χ1v) is 10.7. The van der Waals surface area contributed by atoms with Gasteiger partial charge < -0.3 is 14.6 Å². The number of hydrogen-bond donors (Lipinski definition) is 2. The van der Waals surface area contributed by atoms with E-state index in [0.29, 0.717) is 17.2 Å². The van der Waals surface area contributed by atoms with Gasteiger partial charge in [0.15, 0.2) is 11.5 Å². The number of rotatable bonds is 3. The fourth-order valence-corrected chi connectivity index (χ4v) is 4.44. The number of phenols is 1. The molecule has 0 saturated carbocycles. The number of hydrogen-bond acceptors (Lipinski definition) is 5. The Kier molecular flexibility index (Phi) is 5.15. The molecule has 0 radical (unpaired) electrons. The lowest BCUT2D eigenvalue weighted by atomic mass is 9.93. The molecular weight excluding hydrogens is 468 g/mol. The van der Waals surface area contributed by atoms with Crippen LogP contribution in [-0.4, -0.2) is 17.6 Å². The summed E-state index contributed by atoms with van der Waals surface area (Å²) in [4.78, 5) is 4.97. The van der Waals surface area contributed by atoms with Crippen LogP contribution in [0.15, 0.2) is 70.1 Å². The van der Waals surface area contributed by atoms with E-state index in [2.05, 4.69) is 21.2 Å². The van der Waals surface area contributed by atoms with Gasteiger partial charge in [-0.25, -0.2) is 0 Å². The first-order chi connectivity index (χ1) is 14.6. The number of fused-ring (bicyclic) bond motifs is 1. The Morgan fingerprint density at radius 1 is 1.00 bits per heavy atom. The van der Waals surface area contributed by atoms with Crippen molar-refractivity contribution in [2.24, 2.45) is 4.99 Å². The first kappa shape index (κ1) is 19.4. The van der Waals surface area contributed by atoms with E-state index in [0.717, 1.165) is 32.6 Å². The molecule has 0 saturated heterocycles. The molecule has 5 rings (SSSR count). The normalized spacial score (nSPS) is 20.1. The van der Waals surface area contributed by atoms with E-state index < -0.39 is 0 Å². The predicted octanol–water partition coefficient (Wildman–Crippen LogP) is 5.76. The SMILES string of the molecule is Oc1ccc(Br)cc1[C@@H]1CC(c2ccc3c(c2)OCO3)=N[C@H](c2ccccc2Cl)N1. The third-order valence-electron chi connectivity index (χ3n) is 5.31. The third kappa shape index (κ3) is 3.67. The molecule has 0 bridgehead atoms. The molecular formula is C23H18BrClN2O3. The molecule has 7 heteroatoms. The van der Waals surface area contributed by atoms with E-state index in [1.165, 1.54) is 0 Å². The standard InChI is InChI=1S/C23H18BrClN2O3/c24-14-6-7-20(28)16(10-14)19-11-18(13-5-8-21-22(9-13)30-12-29-21)26-23(27-19)15-3-1-2-4-17(15)25/h1-10,19,23,27-28H,11-12H2/t19-,23-/m0/s1. The molecule has 5 nitrogen and oxygen atoms in total. The van der Waals surface area contributed by atoms with E-state index in [9.17, 15) is 5.11 Å². The van der Waals surface area contributed by atoms with Gasteiger partial charge in [-0.2, -0.15) is 0 Å². The van der Waals surface area contributed by atoms with Crippen LogP contribution in [0.2, 0.25) is 5.02 Å². The lowest BCUT2D eigenvalue weighted by Gasteiger charge is -2.31. The molecule has 2 aliphatic rings. The number of nitrogens with zero attached hydrogens (tertiary/aromatic N) is 1. The minimum atomic E-state index is -0.351. The number of benzene rings is 3. The van der Waals surface area contributed by atoms with Crippen LogP contribution in [0.25, 0.3) is 0 Å². The molecule has 3 aromatic carbocycles. The molecule has 2 N–H and O–H groups in total. The fraction of sp³-hybridized carbons (Fsp3) is 0.174. The van der Waals surface area contributed by atoms with Gasteiger partial charge in [-0.15, -0.1) is 0 Å². The van der Waals surface area contributed by atoms with Gasteiger partial charge >= 0.3 is 0 Å². The van der Waals surface area contributed by atoms with Gasteiger partial charge in [-0.3, -0.25) is 10.3 Å². The van der Waals surface area contributed by atoms with Crippen molar-refractivity contribution < 1.29 is 14.6 Å². The highest BCUT2D eigenvalue weighted by atomic mass is 79.9. The van der Waals surface area contributed by atoms with Crippen LogP contribution in [-0.2, 0) is 0 Å². The Morgan fingerprint density at radius 2 is 1.83 bits per heavy atom. The minimum absolute atomic E-state index is 0.151. The van der Waals surface area contributed by atoms with Crippen molar-refractivity contribution in [3.05, 3.63) is 86.8 Å². The van der Waals surface area contributed by atoms with Crippen LogP contribution < -0.4 is 14.8 Å². The van der Waals surface area contributed by atoms with Gasteiger partial charge in [-0.1, -0.05) is 45.7 Å². The lowest BCUT2D eigenvalue weighted by molar-refractivity contribution is 0.174. The lowest BCUT2D eigenvalue weighted by Crippen LogP contribution is -2.33. The fourth-order valence-electron chi connectivity index (χ4n) is 3.82. The number of aromatic hydroxyl groups is 1. The molecule has 0 unspecified atom stereocenters. The largest absolute Gasteiger partial charge is 0.508 e. The van der Waals surface area contributed by atoms with Crippen molar-refractivity contribution in [3.63, 3.8) is 0 Å². The van der Waals surface area contributed by atoms with Gasteiger partial charge in [0, 0.05) is 38.8 Å². The summed E-state index contributed by atoms with van der Waals surface area (Å²) in [6.07, 6.45) is 0.251. The molecule has 0 amide bonds. The summed E-state index contributed by atoms with van der Waals surface area (Å²) in [6.45, 7) is 0.226. The van der Waals surface area contributed by atoms with Crippen molar-refractivity contribution in [2.75, 3.05) is 6.79 Å². The second-order valence-electron chi connectivity index (χ2n) is 7.19. The van der Waals surface area contributed by atoms with Crippen molar-refractivity contribution >= 4 is 33.2 Å². The Bertz CT molecular complexity index is 1150. The zero-order chi connectivity index (χ0) is 20.7. The van der Waals surface area contributed by atoms with Gasteiger partial charge in [0.05, 0.1) is 0 Å². The van der Waals surface area contributed by atoms with Crippen molar-refractivity contribution in [2.45, 2.75) is 18.6 Å². The predicted molar refractivity (Wildman–Crippen MR) is 120 cm³/mol. The highest BCUT2D eigenvalue weighted by Crippen LogP contribution is 2.39. The van der Waals surface area contributed by atoms with Gasteiger partial charge in [0.25, 0.3) is 0 Å². The maximum Gasteiger partial charge on any atom is 0.231 e. The summed E-state index contributed by atoms with van der Waals surface area (Å²) in [5, 5.41) is 14.7. The van der Waals surface area contributed by atoms with Crippen LogP contribution in [0.1, 0.15) is 35.3 Å². The quantitative estimate of drug-likeness (QED) is 0.495. The summed E-state index contributed by atoms with van der Waals surface area (Å²) in [6, 6.07) is 18.8. The average Bonchev–Trinajstić information content (AvgIpc) is 3.23. The zero-order valence-corrected chi connectivity index (χ0v) is 18.2. The summed E-state index contributed by atoms with van der Waals surface area (Å²) in [7, 11) is 0. The number of ether oxygens (including phenoxy) is 2. The Hall–Kier alpha value is -2.54. The zero-order valence-electron chi connectivity index (χ0n) is 15.8. The molecule has 2 atom stereocenters. The molecule has 0 spiro atoms. The number of nitrogens with one attached hydrogen (secondary N) is 1. The van der Waals surface area contributed by atoms with Crippen LogP contribution in [0.3, 0.4) is 0 Å². The number of aliphatic imine (C=N–C) groups is 1. The number of halogens is 2. The number of phenolic OH excluding ortho intramolecular Hbond substituents is 1. The smallest absolute Gasteiger partial charge is 0.231 e. The summed E-state index contributed by atoms with van der Waals surface area (Å²) < 4.78 is 11.9. The van der Waals surface area contributed by atoms with E-state index in [1.54, 1.807) is 6.07 Å². The summed E-state index contributed by atoms with van der Waals surface area (Å²) >= 11 is 9.98. The maximum atomic E-state index is 10.5. The Balaban J connectivity index is 1.59. The molecule has 2 aliphatic heterocycles.